The van der Waals surface area contributed by atoms with Gasteiger partial charge in [0, 0.05) is 36.1 Å². The lowest BCUT2D eigenvalue weighted by Crippen LogP contribution is -2.33. The molecule has 0 amide bonds. The van der Waals surface area contributed by atoms with Gasteiger partial charge < -0.3 is 10.6 Å². The van der Waals surface area contributed by atoms with E-state index in [4.69, 9.17) is 10.7 Å². The van der Waals surface area contributed by atoms with Crippen LogP contribution in [-0.4, -0.2) is 54.4 Å². The lowest BCUT2D eigenvalue weighted by molar-refractivity contribution is 0.344. The van der Waals surface area contributed by atoms with Crippen molar-refractivity contribution >= 4 is 15.8 Å². The first-order valence-corrected chi connectivity index (χ1v) is 12.2. The lowest BCUT2D eigenvalue weighted by atomic mass is 10.1. The third-order valence-electron chi connectivity index (χ3n) is 5.68. The Labute approximate surface area is 189 Å². The highest BCUT2D eigenvalue weighted by Gasteiger charge is 2.18. The van der Waals surface area contributed by atoms with Gasteiger partial charge in [-0.3, -0.25) is 4.98 Å². The summed E-state index contributed by atoms with van der Waals surface area (Å²) >= 11 is 0. The molecule has 0 aliphatic carbocycles. The average Bonchev–Trinajstić information content (AvgIpc) is 3.28. The molecule has 168 valence electrons. The zero-order chi connectivity index (χ0) is 22.7. The average molecular weight is 453 g/mol. The number of likely N-dealkylation sites (tertiary alicyclic amines) is 1. The molecule has 1 aromatic carbocycles. The minimum Gasteiger partial charge on any atom is -0.382 e. The predicted octanol–water partition coefficient (Wildman–Crippen LogP) is 2.78. The summed E-state index contributed by atoms with van der Waals surface area (Å²) in [6.45, 7) is 6.99. The van der Waals surface area contributed by atoms with Crippen LogP contribution in [-0.2, 0) is 10.0 Å². The molecule has 0 unspecified atom stereocenters. The predicted molar refractivity (Wildman–Crippen MR) is 125 cm³/mol. The number of benzene rings is 1. The van der Waals surface area contributed by atoms with E-state index in [0.717, 1.165) is 36.5 Å². The Morgan fingerprint density at radius 3 is 2.62 bits per heavy atom. The quantitative estimate of drug-likeness (QED) is 0.566. The van der Waals surface area contributed by atoms with E-state index in [1.165, 1.54) is 12.8 Å². The van der Waals surface area contributed by atoms with Gasteiger partial charge in [-0.2, -0.15) is 0 Å². The van der Waals surface area contributed by atoms with Crippen molar-refractivity contribution < 1.29 is 8.42 Å². The first-order chi connectivity index (χ1) is 15.3. The van der Waals surface area contributed by atoms with Crippen molar-refractivity contribution in [1.29, 1.82) is 0 Å². The van der Waals surface area contributed by atoms with Crippen LogP contribution in [0.3, 0.4) is 0 Å². The first-order valence-electron chi connectivity index (χ1n) is 10.7. The molecule has 8 nitrogen and oxygen atoms in total. The number of rotatable bonds is 7. The second-order valence-corrected chi connectivity index (χ2v) is 9.87. The standard InChI is InChI=1S/C23H28N6O2S/c1-16-5-6-19(32(30,31)27-9-12-29-10-3-4-11-29)14-20(16)21-15-26-23(24)22(28-21)18-7-8-25-17(2)13-18/h5-8,13-15,27H,3-4,9-12H2,1-2H3,(H2,24,26). The van der Waals surface area contributed by atoms with Crippen molar-refractivity contribution in [1.82, 2.24) is 24.6 Å². The molecule has 9 heteroatoms. The summed E-state index contributed by atoms with van der Waals surface area (Å²) in [6, 6.07) is 8.78. The van der Waals surface area contributed by atoms with Crippen LogP contribution in [0.2, 0.25) is 0 Å². The van der Waals surface area contributed by atoms with Crippen LogP contribution >= 0.6 is 0 Å². The molecule has 0 spiro atoms. The lowest BCUT2D eigenvalue weighted by Gasteiger charge is -2.15. The van der Waals surface area contributed by atoms with Crippen LogP contribution in [0, 0.1) is 13.8 Å². The topological polar surface area (TPSA) is 114 Å². The minimum absolute atomic E-state index is 0.208. The van der Waals surface area contributed by atoms with Crippen LogP contribution < -0.4 is 10.5 Å². The maximum Gasteiger partial charge on any atom is 0.240 e. The van der Waals surface area contributed by atoms with Crippen molar-refractivity contribution in [2.24, 2.45) is 0 Å². The van der Waals surface area contributed by atoms with Gasteiger partial charge in [0.25, 0.3) is 0 Å². The van der Waals surface area contributed by atoms with Crippen LogP contribution in [0.4, 0.5) is 5.82 Å². The normalized spacial score (nSPS) is 14.7. The van der Waals surface area contributed by atoms with Gasteiger partial charge in [-0.1, -0.05) is 6.07 Å². The van der Waals surface area contributed by atoms with Gasteiger partial charge in [0.05, 0.1) is 16.8 Å². The largest absolute Gasteiger partial charge is 0.382 e. The van der Waals surface area contributed by atoms with Crippen LogP contribution in [0.1, 0.15) is 24.1 Å². The molecule has 3 heterocycles. The zero-order valence-electron chi connectivity index (χ0n) is 18.4. The molecule has 1 aliphatic heterocycles. The molecule has 2 aromatic heterocycles. The maximum atomic E-state index is 12.9. The van der Waals surface area contributed by atoms with E-state index in [2.05, 4.69) is 19.6 Å². The Balaban J connectivity index is 1.62. The summed E-state index contributed by atoms with van der Waals surface area (Å²) in [4.78, 5) is 15.7. The van der Waals surface area contributed by atoms with Gasteiger partial charge in [0.2, 0.25) is 10.0 Å². The van der Waals surface area contributed by atoms with Gasteiger partial charge in [0.15, 0.2) is 0 Å². The number of sulfonamides is 1. The highest BCUT2D eigenvalue weighted by atomic mass is 32.2. The SMILES string of the molecule is Cc1cc(-c2nc(-c3cc(S(=O)(=O)NCCN4CCCC4)ccc3C)cnc2N)ccn1. The number of aryl methyl sites for hydroxylation is 2. The summed E-state index contributed by atoms with van der Waals surface area (Å²) < 4.78 is 28.5. The molecule has 1 saturated heterocycles. The Morgan fingerprint density at radius 1 is 1.09 bits per heavy atom. The third-order valence-corrected chi connectivity index (χ3v) is 7.14. The van der Waals surface area contributed by atoms with Crippen LogP contribution in [0.25, 0.3) is 22.5 Å². The second kappa shape index (κ2) is 9.32. The van der Waals surface area contributed by atoms with Gasteiger partial charge >= 0.3 is 0 Å². The van der Waals surface area contributed by atoms with Crippen molar-refractivity contribution in [3.63, 3.8) is 0 Å². The number of hydrogen-bond donors (Lipinski definition) is 2. The molecule has 0 bridgehead atoms. The highest BCUT2D eigenvalue weighted by Crippen LogP contribution is 2.29. The Morgan fingerprint density at radius 2 is 1.88 bits per heavy atom. The number of pyridine rings is 1. The molecule has 0 radical (unpaired) electrons. The van der Waals surface area contributed by atoms with E-state index in [1.807, 2.05) is 26.0 Å². The van der Waals surface area contributed by atoms with Gasteiger partial charge in [0.1, 0.15) is 11.5 Å². The van der Waals surface area contributed by atoms with Gasteiger partial charge in [-0.05, 0) is 69.6 Å². The molecule has 32 heavy (non-hydrogen) atoms. The van der Waals surface area contributed by atoms with E-state index < -0.39 is 10.0 Å². The van der Waals surface area contributed by atoms with Crippen molar-refractivity contribution in [3.8, 4) is 22.5 Å². The fraction of sp³-hybridized carbons (Fsp3) is 0.348. The molecular weight excluding hydrogens is 424 g/mol. The van der Waals surface area contributed by atoms with Gasteiger partial charge in [-0.25, -0.2) is 23.1 Å². The first kappa shape index (κ1) is 22.3. The smallest absolute Gasteiger partial charge is 0.240 e. The molecule has 0 atom stereocenters. The fourth-order valence-corrected chi connectivity index (χ4v) is 4.95. The Hall–Kier alpha value is -2.88. The van der Waals surface area contributed by atoms with E-state index >= 15 is 0 Å². The maximum absolute atomic E-state index is 12.9. The van der Waals surface area contributed by atoms with Crippen molar-refractivity contribution in [2.45, 2.75) is 31.6 Å². The Bertz CT molecular complexity index is 1220. The summed E-state index contributed by atoms with van der Waals surface area (Å²) in [5.74, 6) is 0.310. The molecule has 0 saturated carbocycles. The van der Waals surface area contributed by atoms with E-state index in [-0.39, 0.29) is 4.90 Å². The monoisotopic (exact) mass is 452 g/mol. The van der Waals surface area contributed by atoms with Crippen LogP contribution in [0.5, 0.6) is 0 Å². The zero-order valence-corrected chi connectivity index (χ0v) is 19.2. The third kappa shape index (κ3) is 4.95. The molecule has 1 fully saturated rings. The van der Waals surface area contributed by atoms with Crippen molar-refractivity contribution in [3.05, 3.63) is 54.0 Å². The Kier molecular flexibility index (Phi) is 6.50. The summed E-state index contributed by atoms with van der Waals surface area (Å²) in [7, 11) is -3.63. The van der Waals surface area contributed by atoms with Gasteiger partial charge in [-0.15, -0.1) is 0 Å². The number of anilines is 1. The molecule has 3 N–H and O–H groups in total. The second-order valence-electron chi connectivity index (χ2n) is 8.10. The molecular formula is C23H28N6O2S. The van der Waals surface area contributed by atoms with E-state index in [1.54, 1.807) is 30.6 Å². The summed E-state index contributed by atoms with van der Waals surface area (Å²) in [5.41, 5.74) is 10.5. The van der Waals surface area contributed by atoms with Crippen LogP contribution in [0.15, 0.2) is 47.6 Å². The number of aromatic nitrogens is 3. The minimum atomic E-state index is -3.63. The number of nitrogens with zero attached hydrogens (tertiary/aromatic N) is 4. The fourth-order valence-electron chi connectivity index (χ4n) is 3.91. The number of nitrogen functional groups attached to an aromatic ring is 1. The number of nitrogens with two attached hydrogens (primary N) is 1. The summed E-state index contributed by atoms with van der Waals surface area (Å²) in [6.07, 6.45) is 5.63. The number of hydrogen-bond acceptors (Lipinski definition) is 7. The molecule has 4 rings (SSSR count). The molecule has 3 aromatic rings. The van der Waals surface area contributed by atoms with E-state index in [0.29, 0.717) is 29.3 Å². The number of nitrogens with one attached hydrogen (secondary N) is 1. The highest BCUT2D eigenvalue weighted by molar-refractivity contribution is 7.89. The summed E-state index contributed by atoms with van der Waals surface area (Å²) in [5, 5.41) is 0. The van der Waals surface area contributed by atoms with Crippen molar-refractivity contribution in [2.75, 3.05) is 31.9 Å². The molecule has 1 aliphatic rings. The van der Waals surface area contributed by atoms with E-state index in [9.17, 15) is 8.42 Å².